The van der Waals surface area contributed by atoms with E-state index in [-0.39, 0.29) is 5.48 Å². The standard InChI is InChI=1S/3BrH.Mn.H2O/h3*1H;;1H2/q;;;+3;/p-3. The Morgan fingerprint density at radius 3 is 1.00 bits per heavy atom. The minimum absolute atomic E-state index is 0. The molecule has 5 heavy (non-hydrogen) atoms. The summed E-state index contributed by atoms with van der Waals surface area (Å²) >= 11 is 9.62. The van der Waals surface area contributed by atoms with Crippen molar-refractivity contribution < 1.29 is 14.0 Å². The van der Waals surface area contributed by atoms with E-state index < -0.39 is 8.48 Å². The van der Waals surface area contributed by atoms with Crippen molar-refractivity contribution in [2.24, 2.45) is 0 Å². The molecule has 0 aromatic rings. The maximum atomic E-state index is 3.21. The van der Waals surface area contributed by atoms with Gasteiger partial charge in [0, 0.05) is 0 Å². The summed E-state index contributed by atoms with van der Waals surface area (Å²) in [5.41, 5.74) is 0. The second kappa shape index (κ2) is 5.92. The molecule has 0 saturated heterocycles. The Hall–Kier alpha value is 1.92. The van der Waals surface area contributed by atoms with Crippen LogP contribution in [-0.2, 0) is 8.48 Å². The van der Waals surface area contributed by atoms with Crippen LogP contribution in [0.25, 0.3) is 0 Å². The fourth-order valence-electron chi connectivity index (χ4n) is 0. The van der Waals surface area contributed by atoms with Gasteiger partial charge in [0.2, 0.25) is 0 Å². The van der Waals surface area contributed by atoms with Crippen molar-refractivity contribution in [2.45, 2.75) is 0 Å². The van der Waals surface area contributed by atoms with Gasteiger partial charge in [0.1, 0.15) is 0 Å². The molecule has 0 atom stereocenters. The number of hydrogen-bond donors (Lipinski definition) is 0. The molecule has 0 fully saturated rings. The zero-order valence-corrected chi connectivity index (χ0v) is 7.95. The van der Waals surface area contributed by atoms with Crippen LogP contribution in [0.5, 0.6) is 0 Å². The molecule has 1 nitrogen and oxygen atoms in total. The van der Waals surface area contributed by atoms with Crippen LogP contribution in [0.4, 0.5) is 0 Å². The fourth-order valence-corrected chi connectivity index (χ4v) is 0. The number of hydrogen-bond acceptors (Lipinski definition) is 0. The van der Waals surface area contributed by atoms with Gasteiger partial charge < -0.3 is 5.48 Å². The van der Waals surface area contributed by atoms with Crippen LogP contribution < -0.4 is 0 Å². The number of rotatable bonds is 0. The summed E-state index contributed by atoms with van der Waals surface area (Å²) in [6, 6.07) is 0. The van der Waals surface area contributed by atoms with Gasteiger partial charge in [-0.05, 0) is 0 Å². The molecule has 0 aliphatic heterocycles. The first-order valence-electron chi connectivity index (χ1n) is 0.429. The summed E-state index contributed by atoms with van der Waals surface area (Å²) in [5.74, 6) is 0. The number of halogens is 3. The molecule has 0 radical (unpaired) electrons. The van der Waals surface area contributed by atoms with Gasteiger partial charge in [0.05, 0.1) is 0 Å². The molecule has 0 aliphatic rings. The monoisotopic (exact) mass is 310 g/mol. The normalized spacial score (nSPS) is 9.00. The van der Waals surface area contributed by atoms with Gasteiger partial charge in [-0.1, -0.05) is 0 Å². The van der Waals surface area contributed by atoms with Crippen LogP contribution >= 0.6 is 42.3 Å². The summed E-state index contributed by atoms with van der Waals surface area (Å²) in [6.07, 6.45) is 0. The van der Waals surface area contributed by atoms with Crippen LogP contribution in [0, 0.1) is 0 Å². The second-order valence-corrected chi connectivity index (χ2v) is 18.0. The van der Waals surface area contributed by atoms with E-state index in [1.165, 1.54) is 0 Å². The van der Waals surface area contributed by atoms with Crippen molar-refractivity contribution in [1.29, 1.82) is 0 Å². The molecule has 0 aromatic heterocycles. The third-order valence-corrected chi connectivity index (χ3v) is 0. The Bertz CT molecular complexity index is 11.6. The van der Waals surface area contributed by atoms with Crippen molar-refractivity contribution in [3.8, 4) is 0 Å². The molecule has 2 N–H and O–H groups in total. The molecule has 0 spiro atoms. The van der Waals surface area contributed by atoms with E-state index in [1.807, 2.05) is 0 Å². The molecule has 0 aromatic carbocycles. The van der Waals surface area contributed by atoms with Crippen molar-refractivity contribution >= 4 is 42.3 Å². The third kappa shape index (κ3) is 24.7. The molecule has 5 heteroatoms. The Balaban J connectivity index is 0. The van der Waals surface area contributed by atoms with Gasteiger partial charge in [-0.3, -0.25) is 0 Å². The first kappa shape index (κ1) is 10.0. The van der Waals surface area contributed by atoms with E-state index in [4.69, 9.17) is 0 Å². The Morgan fingerprint density at radius 2 is 1.00 bits per heavy atom. The van der Waals surface area contributed by atoms with Gasteiger partial charge in [0.15, 0.2) is 0 Å². The molecular formula is H2Br3MnO. The Morgan fingerprint density at radius 1 is 1.00 bits per heavy atom. The zero-order chi connectivity index (χ0) is 3.58. The summed E-state index contributed by atoms with van der Waals surface area (Å²) in [6.45, 7) is 0. The van der Waals surface area contributed by atoms with E-state index in [0.29, 0.717) is 0 Å². The summed E-state index contributed by atoms with van der Waals surface area (Å²) in [4.78, 5) is 0. The molecule has 0 bridgehead atoms. The van der Waals surface area contributed by atoms with Gasteiger partial charge >= 0.3 is 50.8 Å². The summed E-state index contributed by atoms with van der Waals surface area (Å²) in [5, 5.41) is 0. The third-order valence-electron chi connectivity index (χ3n) is 0. The molecular weight excluding hydrogens is 311 g/mol. The van der Waals surface area contributed by atoms with Gasteiger partial charge in [0.25, 0.3) is 0 Å². The molecule has 36 valence electrons. The van der Waals surface area contributed by atoms with E-state index in [0.717, 1.165) is 0 Å². The maximum absolute atomic E-state index is 3.21. The Kier molecular flexibility index (Phi) is 11.9. The summed E-state index contributed by atoms with van der Waals surface area (Å²) < 4.78 is 0. The second-order valence-electron chi connectivity index (χ2n) is 0.162. The quantitative estimate of drug-likeness (QED) is 0.610. The molecule has 0 heterocycles. The van der Waals surface area contributed by atoms with E-state index in [2.05, 4.69) is 42.3 Å². The van der Waals surface area contributed by atoms with Crippen molar-refractivity contribution in [3.05, 3.63) is 0 Å². The zero-order valence-electron chi connectivity index (χ0n) is 2.01. The van der Waals surface area contributed by atoms with E-state index >= 15 is 0 Å². The van der Waals surface area contributed by atoms with Gasteiger partial charge in [-0.25, -0.2) is 0 Å². The van der Waals surface area contributed by atoms with E-state index in [9.17, 15) is 0 Å². The van der Waals surface area contributed by atoms with Gasteiger partial charge in [-0.15, -0.1) is 0 Å². The molecule has 0 aliphatic carbocycles. The molecule has 0 amide bonds. The first-order chi connectivity index (χ1) is 1.73. The average Bonchev–Trinajstić information content (AvgIpc) is 0.811. The van der Waals surface area contributed by atoms with E-state index in [1.54, 1.807) is 0 Å². The topological polar surface area (TPSA) is 31.5 Å². The predicted molar refractivity (Wildman–Crippen MR) is 30.4 cm³/mol. The summed E-state index contributed by atoms with van der Waals surface area (Å²) in [7, 11) is -0.458. The van der Waals surface area contributed by atoms with Crippen LogP contribution in [0.3, 0.4) is 0 Å². The first-order valence-corrected chi connectivity index (χ1v) is 9.18. The fraction of sp³-hybridized carbons (Fsp3) is 0. The average molecular weight is 313 g/mol. The molecule has 0 saturated carbocycles. The SMILES string of the molecule is O.[Br][Mn]([Br])[Br]. The predicted octanol–water partition coefficient (Wildman–Crippen LogP) is 1.71. The van der Waals surface area contributed by atoms with Crippen molar-refractivity contribution in [1.82, 2.24) is 0 Å². The molecule has 0 unspecified atom stereocenters. The molecule has 0 rings (SSSR count). The van der Waals surface area contributed by atoms with Crippen molar-refractivity contribution in [2.75, 3.05) is 0 Å². The van der Waals surface area contributed by atoms with Gasteiger partial charge in [-0.2, -0.15) is 0 Å². The van der Waals surface area contributed by atoms with Crippen LogP contribution in [0.1, 0.15) is 0 Å². The van der Waals surface area contributed by atoms with Crippen LogP contribution in [0.2, 0.25) is 0 Å². The van der Waals surface area contributed by atoms with Crippen molar-refractivity contribution in [3.63, 3.8) is 0 Å². The Labute approximate surface area is 55.8 Å². The van der Waals surface area contributed by atoms with Crippen LogP contribution in [0.15, 0.2) is 0 Å². The van der Waals surface area contributed by atoms with Crippen LogP contribution in [-0.4, -0.2) is 5.48 Å². The minimum atomic E-state index is -0.458.